The molecule has 0 aliphatic heterocycles. The molecule has 166 valence electrons. The van der Waals surface area contributed by atoms with E-state index in [1.807, 2.05) is 32.9 Å². The molecule has 2 aromatic carbocycles. The van der Waals surface area contributed by atoms with E-state index in [1.165, 1.54) is 29.1 Å². The molecule has 0 spiro atoms. The van der Waals surface area contributed by atoms with Crippen LogP contribution in [0.4, 0.5) is 17.1 Å². The SMILES string of the molecule is Cc1cc(C)c(C)c(Oc2cc(NC(=O)CCn3cc([N+](=O)[O-])cn3)cc([N+](=O)[O-])c2)c1. The molecule has 11 heteroatoms. The van der Waals surface area contributed by atoms with E-state index in [0.29, 0.717) is 5.75 Å². The van der Waals surface area contributed by atoms with Gasteiger partial charge in [-0.05, 0) is 43.5 Å². The van der Waals surface area contributed by atoms with Gasteiger partial charge < -0.3 is 10.1 Å². The first-order valence-electron chi connectivity index (χ1n) is 9.64. The molecule has 3 aromatic rings. The van der Waals surface area contributed by atoms with E-state index in [2.05, 4.69) is 10.4 Å². The minimum absolute atomic E-state index is 0.0338. The van der Waals surface area contributed by atoms with Crippen molar-refractivity contribution in [3.8, 4) is 11.5 Å². The molecule has 0 unspecified atom stereocenters. The Labute approximate surface area is 182 Å². The fourth-order valence-corrected chi connectivity index (χ4v) is 3.06. The van der Waals surface area contributed by atoms with E-state index >= 15 is 0 Å². The lowest BCUT2D eigenvalue weighted by Gasteiger charge is -2.13. The third-order valence-corrected chi connectivity index (χ3v) is 4.78. The molecule has 0 saturated carbocycles. The third kappa shape index (κ3) is 5.45. The Balaban J connectivity index is 1.76. The normalized spacial score (nSPS) is 10.6. The number of anilines is 1. The van der Waals surface area contributed by atoms with Gasteiger partial charge in [-0.3, -0.25) is 29.7 Å². The zero-order chi connectivity index (χ0) is 23.4. The summed E-state index contributed by atoms with van der Waals surface area (Å²) in [5.41, 5.74) is 2.71. The number of aryl methyl sites for hydroxylation is 3. The number of aromatic nitrogens is 2. The number of nitrogens with zero attached hydrogens (tertiary/aromatic N) is 4. The van der Waals surface area contributed by atoms with Gasteiger partial charge in [0, 0.05) is 25.1 Å². The highest BCUT2D eigenvalue weighted by atomic mass is 16.6. The van der Waals surface area contributed by atoms with Crippen LogP contribution >= 0.6 is 0 Å². The van der Waals surface area contributed by atoms with Gasteiger partial charge in [0.15, 0.2) is 0 Å². The van der Waals surface area contributed by atoms with Crippen molar-refractivity contribution in [1.82, 2.24) is 9.78 Å². The molecule has 1 aromatic heterocycles. The van der Waals surface area contributed by atoms with Crippen LogP contribution in [-0.4, -0.2) is 25.5 Å². The van der Waals surface area contributed by atoms with Gasteiger partial charge in [0.1, 0.15) is 23.9 Å². The summed E-state index contributed by atoms with van der Waals surface area (Å²) in [6.07, 6.45) is 2.28. The Morgan fingerprint density at radius 2 is 1.78 bits per heavy atom. The van der Waals surface area contributed by atoms with Gasteiger partial charge in [-0.2, -0.15) is 5.10 Å². The van der Waals surface area contributed by atoms with Crippen molar-refractivity contribution in [2.45, 2.75) is 33.7 Å². The Bertz CT molecular complexity index is 1200. The third-order valence-electron chi connectivity index (χ3n) is 4.78. The van der Waals surface area contributed by atoms with E-state index in [-0.39, 0.29) is 35.8 Å². The number of carbonyl (C=O) groups is 1. The summed E-state index contributed by atoms with van der Waals surface area (Å²) in [6, 6.07) is 7.87. The van der Waals surface area contributed by atoms with Crippen LogP contribution in [-0.2, 0) is 11.3 Å². The van der Waals surface area contributed by atoms with Crippen molar-refractivity contribution >= 4 is 23.0 Å². The van der Waals surface area contributed by atoms with E-state index in [0.717, 1.165) is 22.9 Å². The monoisotopic (exact) mass is 439 g/mol. The van der Waals surface area contributed by atoms with Crippen LogP contribution in [0, 0.1) is 41.0 Å². The Hall–Kier alpha value is -4.28. The van der Waals surface area contributed by atoms with E-state index in [1.54, 1.807) is 0 Å². The summed E-state index contributed by atoms with van der Waals surface area (Å²) in [7, 11) is 0. The summed E-state index contributed by atoms with van der Waals surface area (Å²) in [5.74, 6) is 0.350. The standard InChI is InChI=1S/C21H21N5O6/c1-13-6-14(2)15(3)20(7-13)32-19-9-16(8-17(10-19)25(28)29)23-21(27)4-5-24-12-18(11-22-24)26(30)31/h6-12H,4-5H2,1-3H3,(H,23,27). The molecule has 3 rings (SSSR count). The van der Waals surface area contributed by atoms with Gasteiger partial charge in [0.25, 0.3) is 5.69 Å². The summed E-state index contributed by atoms with van der Waals surface area (Å²) < 4.78 is 7.18. The Morgan fingerprint density at radius 3 is 2.44 bits per heavy atom. The van der Waals surface area contributed by atoms with Crippen molar-refractivity contribution in [3.63, 3.8) is 0 Å². The number of nitro groups is 2. The first kappa shape index (κ1) is 22.4. The van der Waals surface area contributed by atoms with Gasteiger partial charge in [-0.15, -0.1) is 0 Å². The van der Waals surface area contributed by atoms with E-state index in [4.69, 9.17) is 4.74 Å². The molecule has 0 aliphatic rings. The molecule has 1 amide bonds. The van der Waals surface area contributed by atoms with Crippen molar-refractivity contribution in [2.24, 2.45) is 0 Å². The highest BCUT2D eigenvalue weighted by Gasteiger charge is 2.15. The van der Waals surface area contributed by atoms with Crippen LogP contribution in [0.25, 0.3) is 0 Å². The molecule has 0 bridgehead atoms. The highest BCUT2D eigenvalue weighted by molar-refractivity contribution is 5.91. The van der Waals surface area contributed by atoms with Crippen LogP contribution in [0.2, 0.25) is 0 Å². The van der Waals surface area contributed by atoms with Crippen LogP contribution in [0.5, 0.6) is 11.5 Å². The van der Waals surface area contributed by atoms with Gasteiger partial charge in [-0.25, -0.2) is 0 Å². The lowest BCUT2D eigenvalue weighted by atomic mass is 10.1. The fourth-order valence-electron chi connectivity index (χ4n) is 3.06. The van der Waals surface area contributed by atoms with E-state index < -0.39 is 15.8 Å². The number of nitrogens with one attached hydrogen (secondary N) is 1. The second-order valence-electron chi connectivity index (χ2n) is 7.30. The molecular formula is C21H21N5O6. The van der Waals surface area contributed by atoms with Crippen molar-refractivity contribution in [3.05, 3.63) is 79.6 Å². The molecule has 1 N–H and O–H groups in total. The highest BCUT2D eigenvalue weighted by Crippen LogP contribution is 2.33. The van der Waals surface area contributed by atoms with Crippen molar-refractivity contribution in [2.75, 3.05) is 5.32 Å². The summed E-state index contributed by atoms with van der Waals surface area (Å²) in [6.45, 7) is 5.87. The fraction of sp³-hybridized carbons (Fsp3) is 0.238. The zero-order valence-electron chi connectivity index (χ0n) is 17.7. The predicted molar refractivity (Wildman–Crippen MR) is 116 cm³/mol. The lowest BCUT2D eigenvalue weighted by molar-refractivity contribution is -0.385. The van der Waals surface area contributed by atoms with Gasteiger partial charge >= 0.3 is 5.69 Å². The Morgan fingerprint density at radius 1 is 1.06 bits per heavy atom. The van der Waals surface area contributed by atoms with Gasteiger partial charge in [0.05, 0.1) is 21.6 Å². The van der Waals surface area contributed by atoms with Gasteiger partial charge in [0.2, 0.25) is 5.91 Å². The van der Waals surface area contributed by atoms with Gasteiger partial charge in [-0.1, -0.05) is 6.07 Å². The molecule has 0 radical (unpaired) electrons. The number of carbonyl (C=O) groups excluding carboxylic acids is 1. The minimum Gasteiger partial charge on any atom is -0.457 e. The second-order valence-corrected chi connectivity index (χ2v) is 7.30. The molecular weight excluding hydrogens is 418 g/mol. The van der Waals surface area contributed by atoms with Crippen molar-refractivity contribution in [1.29, 1.82) is 0 Å². The van der Waals surface area contributed by atoms with Crippen LogP contribution in [0.1, 0.15) is 23.1 Å². The maximum Gasteiger partial charge on any atom is 0.306 e. The predicted octanol–water partition coefficient (Wildman–Crippen LogP) is 4.45. The topological polar surface area (TPSA) is 142 Å². The molecule has 32 heavy (non-hydrogen) atoms. The average molecular weight is 439 g/mol. The van der Waals surface area contributed by atoms with Crippen LogP contribution in [0.3, 0.4) is 0 Å². The number of rotatable bonds is 8. The number of non-ortho nitro benzene ring substituents is 1. The quantitative estimate of drug-likeness (QED) is 0.403. The molecule has 0 aliphatic carbocycles. The first-order valence-corrected chi connectivity index (χ1v) is 9.64. The molecule has 11 nitrogen and oxygen atoms in total. The molecule has 1 heterocycles. The van der Waals surface area contributed by atoms with Crippen molar-refractivity contribution < 1.29 is 19.4 Å². The average Bonchev–Trinajstić information content (AvgIpc) is 3.19. The number of hydrogen-bond donors (Lipinski definition) is 1. The maximum absolute atomic E-state index is 12.3. The number of ether oxygens (including phenoxy) is 1. The second kappa shape index (κ2) is 9.25. The number of hydrogen-bond acceptors (Lipinski definition) is 7. The van der Waals surface area contributed by atoms with Crippen LogP contribution < -0.4 is 10.1 Å². The summed E-state index contributed by atoms with van der Waals surface area (Å²) in [4.78, 5) is 33.2. The maximum atomic E-state index is 12.3. The number of nitro benzene ring substituents is 1. The smallest absolute Gasteiger partial charge is 0.306 e. The minimum atomic E-state index is -0.578. The summed E-state index contributed by atoms with van der Waals surface area (Å²) >= 11 is 0. The van der Waals surface area contributed by atoms with E-state index in [9.17, 15) is 25.0 Å². The zero-order valence-corrected chi connectivity index (χ0v) is 17.7. The first-order chi connectivity index (χ1) is 15.1. The number of amides is 1. The summed E-state index contributed by atoms with van der Waals surface area (Å²) in [5, 5.41) is 28.5. The Kier molecular flexibility index (Phi) is 6.47. The largest absolute Gasteiger partial charge is 0.457 e. The molecule has 0 saturated heterocycles. The number of benzene rings is 2. The molecule has 0 fully saturated rings. The lowest BCUT2D eigenvalue weighted by Crippen LogP contribution is -2.15. The van der Waals surface area contributed by atoms with Crippen LogP contribution in [0.15, 0.2) is 42.7 Å². The molecule has 0 atom stereocenters.